The minimum atomic E-state index is -4.05. The maximum atomic E-state index is 12.3. The third kappa shape index (κ3) is 3.30. The van der Waals surface area contributed by atoms with Crippen LogP contribution in [0, 0.1) is 10.1 Å². The molecule has 0 aliphatic rings. The number of hydrogen-bond donors (Lipinski definition) is 1. The first-order valence-corrected chi connectivity index (χ1v) is 7.48. The molecule has 0 spiro atoms. The normalized spacial score (nSPS) is 13.5. The Hall–Kier alpha value is -1.03. The van der Waals surface area contributed by atoms with Crippen molar-refractivity contribution < 1.29 is 18.4 Å². The maximum Gasteiger partial charge on any atom is 0.289 e. The molecule has 1 N–H and O–H groups in total. The summed E-state index contributed by atoms with van der Waals surface area (Å²) in [5.41, 5.74) is -0.500. The summed E-state index contributed by atoms with van der Waals surface area (Å²) < 4.78 is 25.9. The second kappa shape index (κ2) is 5.95. The fourth-order valence-electron chi connectivity index (χ4n) is 1.35. The lowest BCUT2D eigenvalue weighted by atomic mass is 10.3. The van der Waals surface area contributed by atoms with Gasteiger partial charge in [0.05, 0.1) is 11.5 Å². The van der Waals surface area contributed by atoms with Gasteiger partial charge in [0.2, 0.25) is 10.0 Å². The second-order valence-corrected chi connectivity index (χ2v) is 6.80. The molecular weight excluding hydrogens is 340 g/mol. The summed E-state index contributed by atoms with van der Waals surface area (Å²) in [4.78, 5) is 9.74. The van der Waals surface area contributed by atoms with Crippen molar-refractivity contribution in [2.45, 2.75) is 17.9 Å². The van der Waals surface area contributed by atoms with Gasteiger partial charge in [0.15, 0.2) is 4.90 Å². The first-order chi connectivity index (χ1) is 8.71. The highest BCUT2D eigenvalue weighted by molar-refractivity contribution is 9.10. The summed E-state index contributed by atoms with van der Waals surface area (Å²) in [5, 5.41) is 19.9. The number of benzene rings is 1. The van der Waals surface area contributed by atoms with Crippen LogP contribution < -0.4 is 0 Å². The number of halogens is 1. The molecule has 0 amide bonds. The molecule has 7 nitrogen and oxygen atoms in total. The molecule has 1 rings (SSSR count). The van der Waals surface area contributed by atoms with Gasteiger partial charge >= 0.3 is 0 Å². The summed E-state index contributed by atoms with van der Waals surface area (Å²) in [6.07, 6.45) is 0. The Labute approximate surface area is 119 Å². The molecule has 1 aromatic rings. The second-order valence-electron chi connectivity index (χ2n) is 3.92. The van der Waals surface area contributed by atoms with E-state index in [1.807, 2.05) is 0 Å². The molecule has 1 atom stereocenters. The number of nitrogens with zero attached hydrogens (tertiary/aromatic N) is 2. The van der Waals surface area contributed by atoms with Crippen molar-refractivity contribution in [1.82, 2.24) is 4.31 Å². The monoisotopic (exact) mass is 352 g/mol. The molecule has 0 aliphatic carbocycles. The Kier molecular flexibility index (Phi) is 5.02. The molecular formula is C10H13BrN2O5S. The molecule has 106 valence electrons. The summed E-state index contributed by atoms with van der Waals surface area (Å²) in [5.74, 6) is 0. The van der Waals surface area contributed by atoms with E-state index in [1.54, 1.807) is 0 Å². The van der Waals surface area contributed by atoms with Crippen molar-refractivity contribution in [3.63, 3.8) is 0 Å². The van der Waals surface area contributed by atoms with Gasteiger partial charge in [-0.05, 0) is 19.1 Å². The molecule has 1 unspecified atom stereocenters. The van der Waals surface area contributed by atoms with Crippen LogP contribution in [0.3, 0.4) is 0 Å². The van der Waals surface area contributed by atoms with Crippen molar-refractivity contribution in [2.24, 2.45) is 0 Å². The van der Waals surface area contributed by atoms with Crippen LogP contribution in [0.5, 0.6) is 0 Å². The number of sulfonamides is 1. The summed E-state index contributed by atoms with van der Waals surface area (Å²) in [7, 11) is -2.78. The first-order valence-electron chi connectivity index (χ1n) is 5.24. The number of hydrogen-bond acceptors (Lipinski definition) is 5. The van der Waals surface area contributed by atoms with Crippen molar-refractivity contribution in [3.05, 3.63) is 32.8 Å². The standard InChI is InChI=1S/C10H13BrN2O5S/c1-7(6-14)12(2)19(17,18)10-5-8(11)3-4-9(10)13(15)16/h3-5,7,14H,6H2,1-2H3. The van der Waals surface area contributed by atoms with E-state index in [1.165, 1.54) is 26.1 Å². The Morgan fingerprint density at radius 3 is 2.58 bits per heavy atom. The molecule has 0 aliphatic heterocycles. The number of aliphatic hydroxyl groups is 1. The van der Waals surface area contributed by atoms with Crippen LogP contribution >= 0.6 is 15.9 Å². The van der Waals surface area contributed by atoms with Crippen molar-refractivity contribution in [1.29, 1.82) is 0 Å². The predicted molar refractivity (Wildman–Crippen MR) is 72.3 cm³/mol. The topological polar surface area (TPSA) is 101 Å². The van der Waals surface area contributed by atoms with Crippen LogP contribution in [0.25, 0.3) is 0 Å². The van der Waals surface area contributed by atoms with Crippen molar-refractivity contribution in [3.8, 4) is 0 Å². The van der Waals surface area contributed by atoms with Gasteiger partial charge in [-0.25, -0.2) is 8.42 Å². The summed E-state index contributed by atoms with van der Waals surface area (Å²) in [6, 6.07) is 3.01. The van der Waals surface area contributed by atoms with Crippen LogP contribution in [0.2, 0.25) is 0 Å². The van der Waals surface area contributed by atoms with E-state index in [2.05, 4.69) is 15.9 Å². The van der Waals surface area contributed by atoms with Gasteiger partial charge in [0.25, 0.3) is 5.69 Å². The number of nitro groups is 1. The molecule has 1 aromatic carbocycles. The Balaban J connectivity index is 3.43. The van der Waals surface area contributed by atoms with Crippen molar-refractivity contribution in [2.75, 3.05) is 13.7 Å². The zero-order valence-electron chi connectivity index (χ0n) is 10.3. The molecule has 0 heterocycles. The smallest absolute Gasteiger partial charge is 0.289 e. The van der Waals surface area contributed by atoms with Gasteiger partial charge in [0.1, 0.15) is 0 Å². The quantitative estimate of drug-likeness (QED) is 0.636. The molecule has 0 aromatic heterocycles. The minimum absolute atomic E-state index is 0.377. The maximum absolute atomic E-state index is 12.3. The Morgan fingerprint density at radius 2 is 2.11 bits per heavy atom. The van der Waals surface area contributed by atoms with Crippen LogP contribution in [0.4, 0.5) is 5.69 Å². The highest BCUT2D eigenvalue weighted by Crippen LogP contribution is 2.29. The van der Waals surface area contributed by atoms with E-state index in [9.17, 15) is 18.5 Å². The van der Waals surface area contributed by atoms with Gasteiger partial charge in [-0.1, -0.05) is 15.9 Å². The zero-order valence-corrected chi connectivity index (χ0v) is 12.7. The van der Waals surface area contributed by atoms with Crippen LogP contribution in [0.15, 0.2) is 27.6 Å². The average molecular weight is 353 g/mol. The minimum Gasteiger partial charge on any atom is -0.395 e. The van der Waals surface area contributed by atoms with E-state index in [0.717, 1.165) is 10.4 Å². The number of rotatable bonds is 5. The third-order valence-electron chi connectivity index (χ3n) is 2.66. The lowest BCUT2D eigenvalue weighted by molar-refractivity contribution is -0.387. The lowest BCUT2D eigenvalue weighted by Crippen LogP contribution is -2.37. The molecule has 0 radical (unpaired) electrons. The zero-order chi connectivity index (χ0) is 14.8. The molecule has 0 saturated carbocycles. The Bertz CT molecular complexity index is 590. The van der Waals surface area contributed by atoms with Gasteiger partial charge in [-0.3, -0.25) is 10.1 Å². The first kappa shape index (κ1) is 16.0. The highest BCUT2D eigenvalue weighted by atomic mass is 79.9. The van der Waals surface area contributed by atoms with Gasteiger partial charge in [0, 0.05) is 23.6 Å². The Morgan fingerprint density at radius 1 is 1.53 bits per heavy atom. The van der Waals surface area contributed by atoms with Gasteiger partial charge < -0.3 is 5.11 Å². The molecule has 0 fully saturated rings. The van der Waals surface area contributed by atoms with Crippen molar-refractivity contribution >= 4 is 31.6 Å². The molecule has 0 bridgehead atoms. The van der Waals surface area contributed by atoms with Gasteiger partial charge in [-0.2, -0.15) is 4.31 Å². The third-order valence-corrected chi connectivity index (χ3v) is 5.15. The van der Waals surface area contributed by atoms with Crippen LogP contribution in [0.1, 0.15) is 6.92 Å². The fraction of sp³-hybridized carbons (Fsp3) is 0.400. The number of aliphatic hydroxyl groups excluding tert-OH is 1. The largest absolute Gasteiger partial charge is 0.395 e. The summed E-state index contributed by atoms with van der Waals surface area (Å²) in [6.45, 7) is 1.12. The summed E-state index contributed by atoms with van der Waals surface area (Å²) >= 11 is 3.09. The van der Waals surface area contributed by atoms with E-state index >= 15 is 0 Å². The van der Waals surface area contributed by atoms with E-state index in [4.69, 9.17) is 5.11 Å². The highest BCUT2D eigenvalue weighted by Gasteiger charge is 2.32. The van der Waals surface area contributed by atoms with Crippen LogP contribution in [-0.4, -0.2) is 42.4 Å². The average Bonchev–Trinajstić information content (AvgIpc) is 2.36. The van der Waals surface area contributed by atoms with E-state index in [0.29, 0.717) is 4.47 Å². The fourth-order valence-corrected chi connectivity index (χ4v) is 3.40. The van der Waals surface area contributed by atoms with Gasteiger partial charge in [-0.15, -0.1) is 0 Å². The molecule has 9 heteroatoms. The van der Waals surface area contributed by atoms with E-state index in [-0.39, 0.29) is 6.61 Å². The SMILES string of the molecule is CC(CO)N(C)S(=O)(=O)c1cc(Br)ccc1[N+](=O)[O-]. The van der Waals surface area contributed by atoms with Crippen LogP contribution in [-0.2, 0) is 10.0 Å². The number of likely N-dealkylation sites (N-methyl/N-ethyl adjacent to an activating group) is 1. The lowest BCUT2D eigenvalue weighted by Gasteiger charge is -2.22. The molecule has 19 heavy (non-hydrogen) atoms. The predicted octanol–water partition coefficient (Wildman–Crippen LogP) is 1.36. The number of nitro benzene ring substituents is 1. The molecule has 0 saturated heterocycles. The van der Waals surface area contributed by atoms with E-state index < -0.39 is 31.6 Å².